The number of fused-ring (bicyclic) bond motifs is 1. The largest absolute Gasteiger partial charge is 0.382 e. The zero-order valence-electron chi connectivity index (χ0n) is 13.6. The highest BCUT2D eigenvalue weighted by atomic mass is 19.1. The molecule has 0 aliphatic rings. The number of nitriles is 1. The predicted molar refractivity (Wildman–Crippen MR) is 95.4 cm³/mol. The van der Waals surface area contributed by atoms with Crippen LogP contribution in [0.15, 0.2) is 54.9 Å². The number of anilines is 1. The summed E-state index contributed by atoms with van der Waals surface area (Å²) in [5.74, 6) is -0.104. The molecule has 0 atom stereocenters. The molecule has 0 spiro atoms. The maximum atomic E-state index is 13.8. The van der Waals surface area contributed by atoms with Crippen molar-refractivity contribution in [1.82, 2.24) is 19.7 Å². The summed E-state index contributed by atoms with van der Waals surface area (Å²) in [5, 5.41) is 14.2. The lowest BCUT2D eigenvalue weighted by Crippen LogP contribution is -2.04. The Bertz CT molecular complexity index is 1160. The highest BCUT2D eigenvalue weighted by Gasteiger charge is 2.11. The summed E-state index contributed by atoms with van der Waals surface area (Å²) in [5.41, 5.74) is 8.89. The minimum absolute atomic E-state index is 0.194. The fraction of sp³-hybridized carbons (Fsp3) is 0.0526. The van der Waals surface area contributed by atoms with Gasteiger partial charge in [-0.25, -0.2) is 9.37 Å². The third-order valence-corrected chi connectivity index (χ3v) is 4.00. The first kappa shape index (κ1) is 15.7. The Kier molecular flexibility index (Phi) is 3.78. The summed E-state index contributed by atoms with van der Waals surface area (Å²) in [7, 11) is 0. The van der Waals surface area contributed by atoms with Crippen LogP contribution in [0.5, 0.6) is 0 Å². The van der Waals surface area contributed by atoms with E-state index in [1.54, 1.807) is 35.1 Å². The van der Waals surface area contributed by atoms with Crippen molar-refractivity contribution < 1.29 is 4.39 Å². The fourth-order valence-corrected chi connectivity index (χ4v) is 2.77. The van der Waals surface area contributed by atoms with Crippen molar-refractivity contribution in [2.45, 2.75) is 6.54 Å². The molecule has 6 nitrogen and oxygen atoms in total. The van der Waals surface area contributed by atoms with Crippen LogP contribution in [0, 0.1) is 17.1 Å². The first-order valence-corrected chi connectivity index (χ1v) is 7.87. The van der Waals surface area contributed by atoms with Crippen molar-refractivity contribution in [1.29, 1.82) is 5.26 Å². The molecule has 3 aromatic heterocycles. The topological polar surface area (TPSA) is 93.4 Å². The van der Waals surface area contributed by atoms with Crippen LogP contribution in [0.25, 0.3) is 22.2 Å². The van der Waals surface area contributed by atoms with Crippen molar-refractivity contribution in [2.75, 3.05) is 5.73 Å². The Balaban J connectivity index is 1.76. The number of nitrogens with two attached hydrogens (primary N) is 1. The zero-order valence-corrected chi connectivity index (χ0v) is 13.6. The second-order valence-corrected chi connectivity index (χ2v) is 5.78. The minimum Gasteiger partial charge on any atom is -0.382 e. The van der Waals surface area contributed by atoms with Gasteiger partial charge in [0.25, 0.3) is 0 Å². The van der Waals surface area contributed by atoms with E-state index >= 15 is 0 Å². The Morgan fingerprint density at radius 3 is 2.88 bits per heavy atom. The predicted octanol–water partition coefficient (Wildman–Crippen LogP) is 3.13. The number of hydrogen-bond acceptors (Lipinski definition) is 5. The van der Waals surface area contributed by atoms with Crippen molar-refractivity contribution >= 4 is 16.7 Å². The van der Waals surface area contributed by atoms with E-state index in [1.165, 1.54) is 12.3 Å². The Morgan fingerprint density at radius 1 is 1.19 bits per heavy atom. The molecule has 0 bridgehead atoms. The lowest BCUT2D eigenvalue weighted by atomic mass is 10.1. The van der Waals surface area contributed by atoms with E-state index < -0.39 is 0 Å². The third-order valence-electron chi connectivity index (χ3n) is 4.00. The first-order chi connectivity index (χ1) is 12.6. The van der Waals surface area contributed by atoms with E-state index in [-0.39, 0.29) is 18.2 Å². The van der Waals surface area contributed by atoms with Crippen LogP contribution in [0.4, 0.5) is 10.2 Å². The summed E-state index contributed by atoms with van der Waals surface area (Å²) in [6, 6.07) is 14.0. The number of aromatic nitrogens is 4. The average Bonchev–Trinajstić information content (AvgIpc) is 3.07. The molecule has 7 heteroatoms. The summed E-state index contributed by atoms with van der Waals surface area (Å²) in [4.78, 5) is 8.42. The van der Waals surface area contributed by atoms with Gasteiger partial charge >= 0.3 is 0 Å². The van der Waals surface area contributed by atoms with Crippen LogP contribution < -0.4 is 5.73 Å². The molecule has 1 aromatic carbocycles. The second-order valence-electron chi connectivity index (χ2n) is 5.78. The van der Waals surface area contributed by atoms with Gasteiger partial charge in [0, 0.05) is 23.3 Å². The van der Waals surface area contributed by atoms with Gasteiger partial charge in [-0.2, -0.15) is 10.4 Å². The fourth-order valence-electron chi connectivity index (χ4n) is 2.77. The number of rotatable bonds is 3. The van der Waals surface area contributed by atoms with Gasteiger partial charge in [0.15, 0.2) is 5.82 Å². The summed E-state index contributed by atoms with van der Waals surface area (Å²) >= 11 is 0. The smallest absolute Gasteiger partial charge is 0.152 e. The molecular formula is C19H13FN6. The van der Waals surface area contributed by atoms with E-state index in [0.717, 1.165) is 10.9 Å². The van der Waals surface area contributed by atoms with Crippen molar-refractivity contribution in [3.8, 4) is 17.3 Å². The number of nitrogens with zero attached hydrogens (tertiary/aromatic N) is 5. The lowest BCUT2D eigenvalue weighted by Gasteiger charge is -2.03. The van der Waals surface area contributed by atoms with Gasteiger partial charge in [0.1, 0.15) is 11.3 Å². The molecule has 26 heavy (non-hydrogen) atoms. The molecule has 0 radical (unpaired) electrons. The molecule has 0 aliphatic heterocycles. The molecule has 0 aliphatic carbocycles. The average molecular weight is 344 g/mol. The second kappa shape index (κ2) is 6.26. The lowest BCUT2D eigenvalue weighted by molar-refractivity contribution is 0.572. The van der Waals surface area contributed by atoms with Gasteiger partial charge in [-0.3, -0.25) is 9.67 Å². The van der Waals surface area contributed by atoms with Gasteiger partial charge in [-0.1, -0.05) is 12.1 Å². The summed E-state index contributed by atoms with van der Waals surface area (Å²) in [6.45, 7) is 0.194. The van der Waals surface area contributed by atoms with Gasteiger partial charge in [0.05, 0.1) is 29.6 Å². The van der Waals surface area contributed by atoms with E-state index in [4.69, 9.17) is 11.0 Å². The normalized spacial score (nSPS) is 10.8. The molecule has 3 heterocycles. The molecule has 0 amide bonds. The quantitative estimate of drug-likeness (QED) is 0.616. The molecule has 4 aromatic rings. The maximum absolute atomic E-state index is 13.8. The van der Waals surface area contributed by atoms with Gasteiger partial charge in [-0.05, 0) is 30.3 Å². The van der Waals surface area contributed by atoms with Crippen LogP contribution >= 0.6 is 0 Å². The van der Waals surface area contributed by atoms with Crippen LogP contribution in [-0.4, -0.2) is 19.7 Å². The van der Waals surface area contributed by atoms with E-state index in [0.29, 0.717) is 22.5 Å². The monoisotopic (exact) mass is 344 g/mol. The highest BCUT2D eigenvalue weighted by Crippen LogP contribution is 2.26. The van der Waals surface area contributed by atoms with Gasteiger partial charge < -0.3 is 5.73 Å². The van der Waals surface area contributed by atoms with Crippen molar-refractivity contribution in [3.05, 3.63) is 71.9 Å². The maximum Gasteiger partial charge on any atom is 0.152 e. The van der Waals surface area contributed by atoms with Gasteiger partial charge in [0.2, 0.25) is 0 Å². The number of pyridine rings is 2. The Hall–Kier alpha value is -3.79. The Morgan fingerprint density at radius 2 is 2.08 bits per heavy atom. The SMILES string of the molecule is N#Cc1cccc(-c2cc3cn(Cc4ncccc4F)nc3c(N)n2)c1. The van der Waals surface area contributed by atoms with Gasteiger partial charge in [-0.15, -0.1) is 0 Å². The molecule has 0 unspecified atom stereocenters. The number of nitrogen functional groups attached to an aromatic ring is 1. The van der Waals surface area contributed by atoms with Crippen LogP contribution in [0.1, 0.15) is 11.3 Å². The molecule has 4 rings (SSSR count). The third kappa shape index (κ3) is 2.84. The van der Waals surface area contributed by atoms with Crippen LogP contribution in [-0.2, 0) is 6.54 Å². The minimum atomic E-state index is -0.382. The zero-order chi connectivity index (χ0) is 18.1. The summed E-state index contributed by atoms with van der Waals surface area (Å²) in [6.07, 6.45) is 3.32. The number of hydrogen-bond donors (Lipinski definition) is 1. The summed E-state index contributed by atoms with van der Waals surface area (Å²) < 4.78 is 15.4. The molecule has 0 saturated carbocycles. The molecule has 126 valence electrons. The molecular weight excluding hydrogens is 331 g/mol. The number of benzene rings is 1. The van der Waals surface area contributed by atoms with E-state index in [1.807, 2.05) is 12.1 Å². The first-order valence-electron chi connectivity index (χ1n) is 7.87. The van der Waals surface area contributed by atoms with Crippen LogP contribution in [0.3, 0.4) is 0 Å². The standard InChI is InChI=1S/C19H13FN6/c20-15-5-2-6-23-17(15)11-26-10-14-8-16(24-19(22)18(14)25-26)13-4-1-3-12(7-13)9-21/h1-8,10H,11H2,(H2,22,24). The molecule has 0 fully saturated rings. The van der Waals surface area contributed by atoms with E-state index in [9.17, 15) is 4.39 Å². The van der Waals surface area contributed by atoms with Crippen LogP contribution in [0.2, 0.25) is 0 Å². The van der Waals surface area contributed by atoms with Crippen molar-refractivity contribution in [2.24, 2.45) is 0 Å². The molecule has 0 saturated heterocycles. The van der Waals surface area contributed by atoms with E-state index in [2.05, 4.69) is 21.1 Å². The number of halogens is 1. The Labute approximate surface area is 148 Å². The molecule has 2 N–H and O–H groups in total. The highest BCUT2D eigenvalue weighted by molar-refractivity contribution is 5.90. The van der Waals surface area contributed by atoms with Crippen molar-refractivity contribution in [3.63, 3.8) is 0 Å².